The van der Waals surface area contributed by atoms with Gasteiger partial charge < -0.3 is 20.6 Å². The Balaban J connectivity index is 3.54. The van der Waals surface area contributed by atoms with E-state index in [2.05, 4.69) is 43.5 Å². The van der Waals surface area contributed by atoms with E-state index < -0.39 is 18.2 Å². The van der Waals surface area contributed by atoms with Crippen LogP contribution in [0, 0.1) is 0 Å². The third-order valence-electron chi connectivity index (χ3n) is 14.0. The van der Waals surface area contributed by atoms with Gasteiger partial charge in [-0.3, -0.25) is 4.79 Å². The molecule has 0 rings (SSSR count). The molecule has 386 valence electrons. The molecule has 3 unspecified atom stereocenters. The standard InChI is InChI=1S/C60H117NO4/c1-3-5-7-9-11-13-15-17-19-21-23-25-27-29-30-31-33-35-37-39-41-43-45-47-49-51-53-55-59(64)61-57(56-62)60(65)58(63)54-52-50-48-46-44-42-40-38-36-34-32-28-26-24-22-20-18-16-14-12-10-8-6-4-2/h29-30,46,48,57-58,60,62-63,65H,3-28,31-45,47,49-56H2,1-2H3,(H,61,64)/b30-29-,48-46+. The molecule has 0 aliphatic rings. The first-order chi connectivity index (χ1) is 32.1. The Morgan fingerprint density at radius 3 is 0.892 bits per heavy atom. The molecule has 5 heteroatoms. The van der Waals surface area contributed by atoms with Gasteiger partial charge in [0.2, 0.25) is 5.91 Å². The van der Waals surface area contributed by atoms with Crippen LogP contribution in [0.5, 0.6) is 0 Å². The minimum absolute atomic E-state index is 0.150. The van der Waals surface area contributed by atoms with Gasteiger partial charge in [-0.05, 0) is 64.2 Å². The minimum Gasteiger partial charge on any atom is -0.394 e. The number of nitrogens with one attached hydrogen (secondary N) is 1. The third-order valence-corrected chi connectivity index (χ3v) is 14.0. The number of carbonyl (C=O) groups excluding carboxylic acids is 1. The van der Waals surface area contributed by atoms with Gasteiger partial charge in [-0.25, -0.2) is 0 Å². The molecule has 0 aliphatic heterocycles. The molecule has 0 spiro atoms. The van der Waals surface area contributed by atoms with Gasteiger partial charge in [0, 0.05) is 6.42 Å². The summed E-state index contributed by atoms with van der Waals surface area (Å²) in [5.41, 5.74) is 0. The lowest BCUT2D eigenvalue weighted by Gasteiger charge is -2.26. The van der Waals surface area contributed by atoms with Crippen LogP contribution in [0.1, 0.15) is 328 Å². The van der Waals surface area contributed by atoms with Crippen LogP contribution in [-0.4, -0.2) is 46.1 Å². The highest BCUT2D eigenvalue weighted by Gasteiger charge is 2.26. The van der Waals surface area contributed by atoms with Crippen molar-refractivity contribution in [2.75, 3.05) is 6.61 Å². The predicted molar refractivity (Wildman–Crippen MR) is 287 cm³/mol. The van der Waals surface area contributed by atoms with Gasteiger partial charge >= 0.3 is 0 Å². The van der Waals surface area contributed by atoms with Gasteiger partial charge in [0.15, 0.2) is 0 Å². The molecule has 0 aliphatic carbocycles. The van der Waals surface area contributed by atoms with Gasteiger partial charge in [0.25, 0.3) is 0 Å². The van der Waals surface area contributed by atoms with Crippen LogP contribution in [0.4, 0.5) is 0 Å². The Labute approximate surface area is 407 Å². The zero-order valence-corrected chi connectivity index (χ0v) is 44.1. The van der Waals surface area contributed by atoms with Crippen LogP contribution >= 0.6 is 0 Å². The fourth-order valence-corrected chi connectivity index (χ4v) is 9.46. The van der Waals surface area contributed by atoms with Crippen molar-refractivity contribution in [3.8, 4) is 0 Å². The number of aliphatic hydroxyl groups excluding tert-OH is 3. The molecule has 0 heterocycles. The molecule has 0 radical (unpaired) electrons. The van der Waals surface area contributed by atoms with Crippen LogP contribution in [-0.2, 0) is 4.79 Å². The van der Waals surface area contributed by atoms with Crippen LogP contribution in [0.2, 0.25) is 0 Å². The number of carbonyl (C=O) groups is 1. The number of rotatable bonds is 55. The quantitative estimate of drug-likeness (QED) is 0.0361. The Morgan fingerprint density at radius 2 is 0.615 bits per heavy atom. The Morgan fingerprint density at radius 1 is 0.369 bits per heavy atom. The van der Waals surface area contributed by atoms with Gasteiger partial charge in [-0.1, -0.05) is 282 Å². The Bertz CT molecular complexity index is 967. The van der Waals surface area contributed by atoms with E-state index in [0.29, 0.717) is 12.8 Å². The molecule has 65 heavy (non-hydrogen) atoms. The highest BCUT2D eigenvalue weighted by molar-refractivity contribution is 5.76. The van der Waals surface area contributed by atoms with Crippen molar-refractivity contribution in [1.82, 2.24) is 5.32 Å². The lowest BCUT2D eigenvalue weighted by Crippen LogP contribution is -2.50. The second-order valence-electron chi connectivity index (χ2n) is 20.5. The smallest absolute Gasteiger partial charge is 0.220 e. The molecule has 0 aromatic carbocycles. The van der Waals surface area contributed by atoms with Crippen molar-refractivity contribution in [1.29, 1.82) is 0 Å². The first kappa shape index (κ1) is 63.8. The summed E-state index contributed by atoms with van der Waals surface area (Å²) in [5, 5.41) is 33.8. The lowest BCUT2D eigenvalue weighted by atomic mass is 10.0. The maximum Gasteiger partial charge on any atom is 0.220 e. The average molecular weight is 917 g/mol. The summed E-state index contributed by atoms with van der Waals surface area (Å²) in [7, 11) is 0. The van der Waals surface area contributed by atoms with Gasteiger partial charge in [-0.2, -0.15) is 0 Å². The van der Waals surface area contributed by atoms with Crippen LogP contribution < -0.4 is 5.32 Å². The number of amides is 1. The van der Waals surface area contributed by atoms with Gasteiger partial charge in [0.05, 0.1) is 18.8 Å². The number of unbranched alkanes of at least 4 members (excludes halogenated alkanes) is 43. The van der Waals surface area contributed by atoms with E-state index in [4.69, 9.17) is 0 Å². The average Bonchev–Trinajstić information content (AvgIpc) is 3.31. The number of allylic oxidation sites excluding steroid dienone is 4. The van der Waals surface area contributed by atoms with Gasteiger partial charge in [0.1, 0.15) is 6.10 Å². The fourth-order valence-electron chi connectivity index (χ4n) is 9.46. The zero-order chi connectivity index (χ0) is 47.2. The highest BCUT2D eigenvalue weighted by Crippen LogP contribution is 2.18. The van der Waals surface area contributed by atoms with Crippen LogP contribution in [0.15, 0.2) is 24.3 Å². The van der Waals surface area contributed by atoms with E-state index in [1.165, 1.54) is 263 Å². The van der Waals surface area contributed by atoms with Crippen molar-refractivity contribution in [3.05, 3.63) is 24.3 Å². The summed E-state index contributed by atoms with van der Waals surface area (Å²) in [6.45, 7) is 4.21. The van der Waals surface area contributed by atoms with E-state index >= 15 is 0 Å². The van der Waals surface area contributed by atoms with E-state index in [1.54, 1.807) is 0 Å². The van der Waals surface area contributed by atoms with Crippen LogP contribution in [0.25, 0.3) is 0 Å². The summed E-state index contributed by atoms with van der Waals surface area (Å²) < 4.78 is 0. The molecule has 0 saturated carbocycles. The first-order valence-electron chi connectivity index (χ1n) is 29.6. The monoisotopic (exact) mass is 916 g/mol. The molecule has 0 aromatic heterocycles. The largest absolute Gasteiger partial charge is 0.394 e. The summed E-state index contributed by atoms with van der Waals surface area (Å²) in [6.07, 6.45) is 70.6. The predicted octanol–water partition coefficient (Wildman–Crippen LogP) is 18.5. The molecule has 5 nitrogen and oxygen atoms in total. The van der Waals surface area contributed by atoms with Crippen LogP contribution in [0.3, 0.4) is 0 Å². The Kier molecular flexibility index (Phi) is 54.4. The highest BCUT2D eigenvalue weighted by atomic mass is 16.3. The lowest BCUT2D eigenvalue weighted by molar-refractivity contribution is -0.124. The topological polar surface area (TPSA) is 89.8 Å². The second-order valence-corrected chi connectivity index (χ2v) is 20.5. The molecule has 0 aromatic rings. The maximum absolute atomic E-state index is 12.5. The SMILES string of the molecule is CCCCCCCCCCCCCC/C=C\CCCCCCCCCCCCCC(=O)NC(CO)C(O)C(O)CCC/C=C/CCCCCCCCCCCCCCCCCCCCC. The van der Waals surface area contributed by atoms with E-state index in [9.17, 15) is 20.1 Å². The first-order valence-corrected chi connectivity index (χ1v) is 29.6. The maximum atomic E-state index is 12.5. The van der Waals surface area contributed by atoms with Gasteiger partial charge in [-0.15, -0.1) is 0 Å². The molecule has 0 fully saturated rings. The molecular weight excluding hydrogens is 799 g/mol. The van der Waals surface area contributed by atoms with Crippen molar-refractivity contribution in [2.24, 2.45) is 0 Å². The molecule has 1 amide bonds. The number of aliphatic hydroxyl groups is 3. The normalized spacial score (nSPS) is 13.4. The summed E-state index contributed by atoms with van der Waals surface area (Å²) >= 11 is 0. The molecule has 0 bridgehead atoms. The molecule has 0 saturated heterocycles. The molecular formula is C60H117NO4. The minimum atomic E-state index is -1.16. The van der Waals surface area contributed by atoms with E-state index in [-0.39, 0.29) is 12.5 Å². The van der Waals surface area contributed by atoms with E-state index in [1.807, 2.05) is 0 Å². The number of hydrogen-bond acceptors (Lipinski definition) is 4. The van der Waals surface area contributed by atoms with Crippen molar-refractivity contribution >= 4 is 5.91 Å². The van der Waals surface area contributed by atoms with Crippen molar-refractivity contribution in [3.63, 3.8) is 0 Å². The summed E-state index contributed by atoms with van der Waals surface area (Å²) in [4.78, 5) is 12.5. The molecule has 3 atom stereocenters. The summed E-state index contributed by atoms with van der Waals surface area (Å²) in [5.74, 6) is -0.150. The van der Waals surface area contributed by atoms with E-state index in [0.717, 1.165) is 38.5 Å². The van der Waals surface area contributed by atoms with Crippen molar-refractivity contribution in [2.45, 2.75) is 347 Å². The number of hydrogen-bond donors (Lipinski definition) is 4. The van der Waals surface area contributed by atoms with Crippen molar-refractivity contribution < 1.29 is 20.1 Å². The fraction of sp³-hybridized carbons (Fsp3) is 0.917. The summed E-state index contributed by atoms with van der Waals surface area (Å²) in [6, 6.07) is -0.826. The second kappa shape index (κ2) is 55.4. The zero-order valence-electron chi connectivity index (χ0n) is 44.1. The Hall–Kier alpha value is -1.17. The molecule has 4 N–H and O–H groups in total. The third kappa shape index (κ3) is 50.5.